The van der Waals surface area contributed by atoms with Crippen LogP contribution in [0.1, 0.15) is 68.7 Å². The Labute approximate surface area is 166 Å². The van der Waals surface area contributed by atoms with Crippen molar-refractivity contribution in [2.24, 2.45) is 0 Å². The lowest BCUT2D eigenvalue weighted by Crippen LogP contribution is -2.44. The van der Waals surface area contributed by atoms with Gasteiger partial charge in [0.2, 0.25) is 5.78 Å². The minimum Gasteiger partial charge on any atom is -0.507 e. The number of fused-ring (bicyclic) bond motifs is 3. The van der Waals surface area contributed by atoms with Gasteiger partial charge in [-0.2, -0.15) is 0 Å². The van der Waals surface area contributed by atoms with Crippen LogP contribution in [0.2, 0.25) is 0 Å². The molecule has 0 aliphatic heterocycles. The predicted molar refractivity (Wildman–Crippen MR) is 101 cm³/mol. The Morgan fingerprint density at radius 3 is 2.55 bits per heavy atom. The van der Waals surface area contributed by atoms with Gasteiger partial charge < -0.3 is 20.1 Å². The van der Waals surface area contributed by atoms with E-state index in [0.29, 0.717) is 5.56 Å². The Hall–Kier alpha value is -3.19. The van der Waals surface area contributed by atoms with Crippen molar-refractivity contribution in [1.82, 2.24) is 0 Å². The van der Waals surface area contributed by atoms with Gasteiger partial charge in [0.25, 0.3) is 0 Å². The van der Waals surface area contributed by atoms with Gasteiger partial charge in [-0.1, -0.05) is 19.1 Å². The van der Waals surface area contributed by atoms with E-state index in [4.69, 9.17) is 4.74 Å². The molecule has 4 rings (SSSR count). The summed E-state index contributed by atoms with van der Waals surface area (Å²) in [4.78, 5) is 38.6. The van der Waals surface area contributed by atoms with Crippen LogP contribution >= 0.6 is 0 Å². The summed E-state index contributed by atoms with van der Waals surface area (Å²) in [5.41, 5.74) is -1.14. The third kappa shape index (κ3) is 2.50. The second-order valence-electron chi connectivity index (χ2n) is 7.49. The first-order valence-corrected chi connectivity index (χ1v) is 9.35. The number of ketones is 2. The largest absolute Gasteiger partial charge is 0.507 e. The highest BCUT2D eigenvalue weighted by Gasteiger charge is 2.48. The van der Waals surface area contributed by atoms with Crippen molar-refractivity contribution in [3.05, 3.63) is 57.6 Å². The SMILES string of the molecule is CC[C@@]1(O)CCc2c(cc3c(c2O)C(=O)c2c(O)cccc2C3=O)[C@H]1C(=O)OC. The number of phenols is 2. The molecular formula is C22H20O7. The molecule has 0 radical (unpaired) electrons. The molecule has 2 aromatic carbocycles. The van der Waals surface area contributed by atoms with Crippen molar-refractivity contribution in [2.75, 3.05) is 7.11 Å². The fourth-order valence-corrected chi connectivity index (χ4v) is 4.52. The summed E-state index contributed by atoms with van der Waals surface area (Å²) in [6.07, 6.45) is 0.682. The van der Waals surface area contributed by atoms with Crippen molar-refractivity contribution >= 4 is 17.5 Å². The topological polar surface area (TPSA) is 121 Å². The average molecular weight is 396 g/mol. The van der Waals surface area contributed by atoms with Crippen LogP contribution in [0, 0.1) is 0 Å². The van der Waals surface area contributed by atoms with E-state index in [1.807, 2.05) is 0 Å². The average Bonchev–Trinajstić information content (AvgIpc) is 2.71. The molecule has 2 aliphatic rings. The van der Waals surface area contributed by atoms with Crippen LogP contribution in [0.15, 0.2) is 24.3 Å². The molecule has 2 aliphatic carbocycles. The quantitative estimate of drug-likeness (QED) is 0.568. The molecule has 0 saturated carbocycles. The van der Waals surface area contributed by atoms with Gasteiger partial charge in [-0.3, -0.25) is 14.4 Å². The van der Waals surface area contributed by atoms with Gasteiger partial charge in [-0.15, -0.1) is 0 Å². The summed E-state index contributed by atoms with van der Waals surface area (Å²) < 4.78 is 4.88. The number of methoxy groups -OCH3 is 1. The molecule has 2 aromatic rings. The number of aromatic hydroxyl groups is 2. The minimum atomic E-state index is -1.39. The molecule has 150 valence electrons. The molecule has 7 nitrogen and oxygen atoms in total. The molecule has 0 aromatic heterocycles. The highest BCUT2D eigenvalue weighted by atomic mass is 16.5. The van der Waals surface area contributed by atoms with E-state index in [2.05, 4.69) is 0 Å². The van der Waals surface area contributed by atoms with Crippen molar-refractivity contribution in [2.45, 2.75) is 37.7 Å². The molecule has 29 heavy (non-hydrogen) atoms. The lowest BCUT2D eigenvalue weighted by atomic mass is 9.68. The summed E-state index contributed by atoms with van der Waals surface area (Å²) in [6, 6.07) is 5.59. The summed E-state index contributed by atoms with van der Waals surface area (Å²) in [6.45, 7) is 1.74. The number of rotatable bonds is 2. The number of benzene rings is 2. The lowest BCUT2D eigenvalue weighted by Gasteiger charge is -2.40. The summed E-state index contributed by atoms with van der Waals surface area (Å²) in [5.74, 6) is -3.70. The number of carbonyl (C=O) groups is 3. The van der Waals surface area contributed by atoms with Gasteiger partial charge >= 0.3 is 5.97 Å². The second-order valence-corrected chi connectivity index (χ2v) is 7.49. The summed E-state index contributed by atoms with van der Waals surface area (Å²) >= 11 is 0. The van der Waals surface area contributed by atoms with Crippen molar-refractivity contribution in [3.8, 4) is 11.5 Å². The number of hydrogen-bond donors (Lipinski definition) is 3. The van der Waals surface area contributed by atoms with Gasteiger partial charge in [0.15, 0.2) is 5.78 Å². The Morgan fingerprint density at radius 1 is 1.17 bits per heavy atom. The molecule has 7 heteroatoms. The number of esters is 1. The number of hydrogen-bond acceptors (Lipinski definition) is 7. The Kier molecular flexibility index (Phi) is 4.24. The van der Waals surface area contributed by atoms with E-state index in [-0.39, 0.29) is 52.8 Å². The highest BCUT2D eigenvalue weighted by molar-refractivity contribution is 6.30. The first-order valence-electron chi connectivity index (χ1n) is 9.35. The normalized spacial score (nSPS) is 22.5. The zero-order valence-corrected chi connectivity index (χ0v) is 16.0. The molecule has 0 fully saturated rings. The van der Waals surface area contributed by atoms with Gasteiger partial charge in [0.1, 0.15) is 17.4 Å². The number of phenolic OH excluding ortho intramolecular Hbond substituents is 2. The highest BCUT2D eigenvalue weighted by Crippen LogP contribution is 2.48. The maximum Gasteiger partial charge on any atom is 0.316 e. The third-order valence-corrected chi connectivity index (χ3v) is 6.13. The first kappa shape index (κ1) is 19.1. The standard InChI is InChI=1S/C22H20O7/c1-3-22(28)8-7-10-12(17(22)21(27)29-2)9-13-16(19(10)25)20(26)15-11(18(13)24)5-4-6-14(15)23/h4-6,9,17,23,25,28H,3,7-8H2,1-2H3/t17-,22+/m0/s1. The van der Waals surface area contributed by atoms with E-state index in [0.717, 1.165) is 0 Å². The smallest absolute Gasteiger partial charge is 0.316 e. The summed E-state index contributed by atoms with van der Waals surface area (Å²) in [5, 5.41) is 32.0. The maximum atomic E-state index is 13.1. The number of aliphatic hydroxyl groups is 1. The van der Waals surface area contributed by atoms with Crippen LogP contribution in [-0.4, -0.2) is 45.6 Å². The zero-order chi connectivity index (χ0) is 21.1. The Morgan fingerprint density at radius 2 is 1.90 bits per heavy atom. The first-order chi connectivity index (χ1) is 13.7. The molecule has 0 bridgehead atoms. The molecule has 0 saturated heterocycles. The van der Waals surface area contributed by atoms with E-state index in [1.54, 1.807) is 6.92 Å². The summed E-state index contributed by atoms with van der Waals surface area (Å²) in [7, 11) is 1.21. The van der Waals surface area contributed by atoms with E-state index in [1.165, 1.54) is 31.4 Å². The monoisotopic (exact) mass is 396 g/mol. The fourth-order valence-electron chi connectivity index (χ4n) is 4.52. The molecule has 0 spiro atoms. The lowest BCUT2D eigenvalue weighted by molar-refractivity contribution is -0.151. The molecule has 0 unspecified atom stereocenters. The molecular weight excluding hydrogens is 376 g/mol. The number of carbonyl (C=O) groups excluding carboxylic acids is 3. The fraction of sp³-hybridized carbons (Fsp3) is 0.318. The zero-order valence-electron chi connectivity index (χ0n) is 16.0. The van der Waals surface area contributed by atoms with Gasteiger partial charge in [0.05, 0.1) is 23.8 Å². The molecule has 0 heterocycles. The molecule has 2 atom stereocenters. The van der Waals surface area contributed by atoms with Crippen molar-refractivity contribution in [1.29, 1.82) is 0 Å². The molecule has 0 amide bonds. The Balaban J connectivity index is 2.01. The van der Waals surface area contributed by atoms with Crippen molar-refractivity contribution in [3.63, 3.8) is 0 Å². The minimum absolute atomic E-state index is 0.0260. The van der Waals surface area contributed by atoms with Crippen LogP contribution in [0.25, 0.3) is 0 Å². The van der Waals surface area contributed by atoms with Crippen LogP contribution in [0.4, 0.5) is 0 Å². The van der Waals surface area contributed by atoms with E-state index < -0.39 is 34.8 Å². The Bertz CT molecular complexity index is 1090. The van der Waals surface area contributed by atoms with Crippen LogP contribution in [0.5, 0.6) is 11.5 Å². The van der Waals surface area contributed by atoms with Crippen LogP contribution < -0.4 is 0 Å². The molecule has 3 N–H and O–H groups in total. The second kappa shape index (κ2) is 6.42. The van der Waals surface area contributed by atoms with E-state index in [9.17, 15) is 29.7 Å². The maximum absolute atomic E-state index is 13.1. The van der Waals surface area contributed by atoms with Gasteiger partial charge in [-0.25, -0.2) is 0 Å². The van der Waals surface area contributed by atoms with E-state index >= 15 is 0 Å². The van der Waals surface area contributed by atoms with Crippen molar-refractivity contribution < 1.29 is 34.4 Å². The predicted octanol–water partition coefficient (Wildman–Crippen LogP) is 2.22. The van der Waals surface area contributed by atoms with Crippen LogP contribution in [0.3, 0.4) is 0 Å². The van der Waals surface area contributed by atoms with Gasteiger partial charge in [0, 0.05) is 11.1 Å². The number of ether oxygens (including phenoxy) is 1. The van der Waals surface area contributed by atoms with Gasteiger partial charge in [-0.05, 0) is 42.5 Å². The third-order valence-electron chi connectivity index (χ3n) is 6.13. The van der Waals surface area contributed by atoms with Crippen LogP contribution in [-0.2, 0) is 16.0 Å².